The summed E-state index contributed by atoms with van der Waals surface area (Å²) in [4.78, 5) is 4.38. The fourth-order valence-corrected chi connectivity index (χ4v) is 1.50. The maximum atomic E-state index is 4.38. The summed E-state index contributed by atoms with van der Waals surface area (Å²) in [6, 6.07) is 8.09. The molecule has 0 aliphatic rings. The van der Waals surface area contributed by atoms with Crippen molar-refractivity contribution >= 4 is 5.82 Å². The molecule has 2 rings (SSSR count). The van der Waals surface area contributed by atoms with E-state index >= 15 is 0 Å². The molecular formula is C12H15N3. The second kappa shape index (κ2) is 4.17. The van der Waals surface area contributed by atoms with Crippen LogP contribution in [0.3, 0.4) is 0 Å². The molecule has 0 aliphatic carbocycles. The van der Waals surface area contributed by atoms with Crippen LogP contribution >= 0.6 is 0 Å². The number of aromatic nitrogens is 2. The number of aryl methyl sites for hydroxylation is 2. The standard InChI is InChI=1S/C12H15N3/c1-10-4-3-5-12(14-10)13-8-11-6-7-15(2)9-11/h3-7,9H,8H2,1-2H3,(H,13,14). The summed E-state index contributed by atoms with van der Waals surface area (Å²) in [6.07, 6.45) is 4.14. The lowest BCUT2D eigenvalue weighted by atomic mass is 10.3. The molecule has 2 aromatic heterocycles. The number of nitrogens with one attached hydrogen (secondary N) is 1. The Labute approximate surface area is 89.8 Å². The van der Waals surface area contributed by atoms with Crippen molar-refractivity contribution in [3.05, 3.63) is 47.9 Å². The van der Waals surface area contributed by atoms with E-state index < -0.39 is 0 Å². The predicted molar refractivity (Wildman–Crippen MR) is 61.7 cm³/mol. The SMILES string of the molecule is Cc1cccc(NCc2ccn(C)c2)n1. The van der Waals surface area contributed by atoms with Crippen LogP contribution in [0.5, 0.6) is 0 Å². The van der Waals surface area contributed by atoms with E-state index in [1.807, 2.05) is 42.9 Å². The van der Waals surface area contributed by atoms with Gasteiger partial charge >= 0.3 is 0 Å². The van der Waals surface area contributed by atoms with Gasteiger partial charge in [0.1, 0.15) is 5.82 Å². The third kappa shape index (κ3) is 2.59. The zero-order valence-corrected chi connectivity index (χ0v) is 9.07. The third-order valence-electron chi connectivity index (χ3n) is 2.26. The Morgan fingerprint density at radius 3 is 2.87 bits per heavy atom. The maximum Gasteiger partial charge on any atom is 0.126 e. The Balaban J connectivity index is 1.99. The van der Waals surface area contributed by atoms with E-state index in [0.29, 0.717) is 0 Å². The first-order valence-corrected chi connectivity index (χ1v) is 5.02. The number of rotatable bonds is 3. The molecule has 78 valence electrons. The molecule has 3 heteroatoms. The second-order valence-electron chi connectivity index (χ2n) is 3.70. The highest BCUT2D eigenvalue weighted by molar-refractivity contribution is 5.36. The van der Waals surface area contributed by atoms with E-state index in [1.54, 1.807) is 0 Å². The van der Waals surface area contributed by atoms with Crippen LogP contribution in [0.15, 0.2) is 36.7 Å². The minimum absolute atomic E-state index is 0.817. The molecule has 15 heavy (non-hydrogen) atoms. The topological polar surface area (TPSA) is 29.9 Å². The van der Waals surface area contributed by atoms with E-state index in [9.17, 15) is 0 Å². The number of anilines is 1. The van der Waals surface area contributed by atoms with E-state index in [4.69, 9.17) is 0 Å². The Hall–Kier alpha value is -1.77. The monoisotopic (exact) mass is 201 g/mol. The van der Waals surface area contributed by atoms with Crippen molar-refractivity contribution in [3.8, 4) is 0 Å². The normalized spacial score (nSPS) is 10.3. The minimum Gasteiger partial charge on any atom is -0.366 e. The van der Waals surface area contributed by atoms with E-state index in [1.165, 1.54) is 5.56 Å². The lowest BCUT2D eigenvalue weighted by Crippen LogP contribution is -2.00. The van der Waals surface area contributed by atoms with Crippen LogP contribution in [0, 0.1) is 6.92 Å². The van der Waals surface area contributed by atoms with E-state index in [0.717, 1.165) is 18.1 Å². The quantitative estimate of drug-likeness (QED) is 0.826. The fourth-order valence-electron chi connectivity index (χ4n) is 1.50. The molecule has 3 nitrogen and oxygen atoms in total. The van der Waals surface area contributed by atoms with Crippen LogP contribution in [0.2, 0.25) is 0 Å². The first-order chi connectivity index (χ1) is 7.24. The Morgan fingerprint density at radius 1 is 1.33 bits per heavy atom. The van der Waals surface area contributed by atoms with Crippen molar-refractivity contribution in [1.82, 2.24) is 9.55 Å². The first-order valence-electron chi connectivity index (χ1n) is 5.02. The van der Waals surface area contributed by atoms with Gasteiger partial charge in [0.15, 0.2) is 0 Å². The lowest BCUT2D eigenvalue weighted by Gasteiger charge is -2.04. The number of nitrogens with zero attached hydrogens (tertiary/aromatic N) is 2. The molecule has 0 aromatic carbocycles. The number of hydrogen-bond donors (Lipinski definition) is 1. The lowest BCUT2D eigenvalue weighted by molar-refractivity contribution is 0.919. The highest BCUT2D eigenvalue weighted by Crippen LogP contribution is 2.07. The maximum absolute atomic E-state index is 4.38. The molecule has 0 unspecified atom stereocenters. The van der Waals surface area contributed by atoms with Crippen molar-refractivity contribution < 1.29 is 0 Å². The van der Waals surface area contributed by atoms with Crippen LogP contribution < -0.4 is 5.32 Å². The van der Waals surface area contributed by atoms with Crippen LogP contribution in [0.25, 0.3) is 0 Å². The highest BCUT2D eigenvalue weighted by Gasteiger charge is 1.96. The summed E-state index contributed by atoms with van der Waals surface area (Å²) in [5, 5.41) is 3.29. The van der Waals surface area contributed by atoms with E-state index in [2.05, 4.69) is 22.6 Å². The molecule has 0 saturated carbocycles. The zero-order valence-electron chi connectivity index (χ0n) is 9.07. The number of hydrogen-bond acceptors (Lipinski definition) is 2. The Bertz CT molecular complexity index is 446. The molecule has 0 aliphatic heterocycles. The van der Waals surface area contributed by atoms with Crippen LogP contribution in [0.1, 0.15) is 11.3 Å². The van der Waals surface area contributed by atoms with Crippen molar-refractivity contribution in [2.24, 2.45) is 7.05 Å². The molecule has 0 fully saturated rings. The molecule has 0 spiro atoms. The van der Waals surface area contributed by atoms with Gasteiger partial charge in [-0.3, -0.25) is 0 Å². The Kier molecular flexibility index (Phi) is 2.72. The van der Waals surface area contributed by atoms with Gasteiger partial charge in [-0.25, -0.2) is 4.98 Å². The van der Waals surface area contributed by atoms with Crippen LogP contribution in [-0.2, 0) is 13.6 Å². The molecule has 2 aromatic rings. The molecule has 0 amide bonds. The van der Waals surface area contributed by atoms with Crippen molar-refractivity contribution in [2.75, 3.05) is 5.32 Å². The summed E-state index contributed by atoms with van der Waals surface area (Å²) >= 11 is 0. The van der Waals surface area contributed by atoms with Gasteiger partial charge in [-0.2, -0.15) is 0 Å². The van der Waals surface area contributed by atoms with Gasteiger partial charge in [0.2, 0.25) is 0 Å². The zero-order chi connectivity index (χ0) is 10.7. The van der Waals surface area contributed by atoms with Gasteiger partial charge in [0.05, 0.1) is 0 Å². The molecule has 0 atom stereocenters. The number of pyridine rings is 1. The fraction of sp³-hybridized carbons (Fsp3) is 0.250. The second-order valence-corrected chi connectivity index (χ2v) is 3.70. The molecule has 2 heterocycles. The van der Waals surface area contributed by atoms with Crippen molar-refractivity contribution in [3.63, 3.8) is 0 Å². The predicted octanol–water partition coefficient (Wildman–Crippen LogP) is 2.34. The molecule has 0 saturated heterocycles. The summed E-state index contributed by atoms with van der Waals surface area (Å²) in [7, 11) is 2.02. The van der Waals surface area contributed by atoms with Gasteiger partial charge in [-0.15, -0.1) is 0 Å². The smallest absolute Gasteiger partial charge is 0.126 e. The highest BCUT2D eigenvalue weighted by atomic mass is 15.0. The summed E-state index contributed by atoms with van der Waals surface area (Å²) in [6.45, 7) is 2.81. The average molecular weight is 201 g/mol. The van der Waals surface area contributed by atoms with Crippen LogP contribution in [-0.4, -0.2) is 9.55 Å². The summed E-state index contributed by atoms with van der Waals surface area (Å²) < 4.78 is 2.04. The van der Waals surface area contributed by atoms with Gasteiger partial charge in [0.25, 0.3) is 0 Å². The molecule has 0 radical (unpaired) electrons. The van der Waals surface area contributed by atoms with Crippen LogP contribution in [0.4, 0.5) is 5.82 Å². The average Bonchev–Trinajstić information content (AvgIpc) is 2.62. The van der Waals surface area contributed by atoms with Gasteiger partial charge < -0.3 is 9.88 Å². The van der Waals surface area contributed by atoms with E-state index in [-0.39, 0.29) is 0 Å². The van der Waals surface area contributed by atoms with Gasteiger partial charge in [-0.05, 0) is 30.7 Å². The molecule has 0 bridgehead atoms. The largest absolute Gasteiger partial charge is 0.366 e. The first kappa shape index (κ1) is 9.77. The Morgan fingerprint density at radius 2 is 2.20 bits per heavy atom. The van der Waals surface area contributed by atoms with Crippen molar-refractivity contribution in [2.45, 2.75) is 13.5 Å². The third-order valence-corrected chi connectivity index (χ3v) is 2.26. The minimum atomic E-state index is 0.817. The van der Waals surface area contributed by atoms with Gasteiger partial charge in [0, 0.05) is 31.7 Å². The molecular weight excluding hydrogens is 186 g/mol. The van der Waals surface area contributed by atoms with Crippen molar-refractivity contribution in [1.29, 1.82) is 0 Å². The molecule has 1 N–H and O–H groups in total. The van der Waals surface area contributed by atoms with Gasteiger partial charge in [-0.1, -0.05) is 6.07 Å². The summed E-state index contributed by atoms with van der Waals surface area (Å²) in [5.74, 6) is 0.929. The summed E-state index contributed by atoms with van der Waals surface area (Å²) in [5.41, 5.74) is 2.30.